The highest BCUT2D eigenvalue weighted by atomic mass is 35.5. The molecule has 0 aliphatic carbocycles. The Morgan fingerprint density at radius 1 is 1.28 bits per heavy atom. The van der Waals surface area contributed by atoms with Crippen LogP contribution in [0.5, 0.6) is 0 Å². The van der Waals surface area contributed by atoms with Gasteiger partial charge in [-0.05, 0) is 37.3 Å². The van der Waals surface area contributed by atoms with Gasteiger partial charge in [-0.15, -0.1) is 0 Å². The summed E-state index contributed by atoms with van der Waals surface area (Å²) in [6, 6.07) is 9.03. The van der Waals surface area contributed by atoms with Gasteiger partial charge in [0.25, 0.3) is 10.0 Å². The minimum Gasteiger partial charge on any atom is -0.323 e. The first-order chi connectivity index (χ1) is 11.8. The molecule has 1 atom stereocenters. The van der Waals surface area contributed by atoms with E-state index in [1.54, 1.807) is 18.2 Å². The Kier molecular flexibility index (Phi) is 4.49. The molecule has 0 spiro atoms. The molecule has 0 fully saturated rings. The van der Waals surface area contributed by atoms with E-state index in [0.29, 0.717) is 5.56 Å². The number of hydrogen-bond acceptors (Lipinski definition) is 4. The lowest BCUT2D eigenvalue weighted by Gasteiger charge is -2.11. The summed E-state index contributed by atoms with van der Waals surface area (Å²) >= 11 is 5.87. The summed E-state index contributed by atoms with van der Waals surface area (Å²) < 4.78 is 39.4. The minimum absolute atomic E-state index is 0.0557. The van der Waals surface area contributed by atoms with Crippen molar-refractivity contribution in [1.82, 2.24) is 4.72 Å². The van der Waals surface area contributed by atoms with Gasteiger partial charge >= 0.3 is 0 Å². The van der Waals surface area contributed by atoms with Crippen molar-refractivity contribution in [3.8, 4) is 0 Å². The molecule has 9 heteroatoms. The summed E-state index contributed by atoms with van der Waals surface area (Å²) in [5.41, 5.74) is 0.648. The quantitative estimate of drug-likeness (QED) is 0.856. The van der Waals surface area contributed by atoms with Crippen LogP contribution in [0.3, 0.4) is 0 Å². The number of benzene rings is 2. The first-order valence-electron chi connectivity index (χ1n) is 7.24. The molecule has 1 aliphatic rings. The van der Waals surface area contributed by atoms with Crippen LogP contribution in [0.1, 0.15) is 12.5 Å². The normalized spacial score (nSPS) is 17.6. The molecule has 0 saturated carbocycles. The summed E-state index contributed by atoms with van der Waals surface area (Å²) in [4.78, 5) is 16.5. The molecule has 1 aliphatic heterocycles. The van der Waals surface area contributed by atoms with Gasteiger partial charge in [0, 0.05) is 5.56 Å². The number of rotatable bonds is 3. The van der Waals surface area contributed by atoms with Crippen LogP contribution in [0, 0.1) is 5.82 Å². The average molecular weight is 382 g/mol. The van der Waals surface area contributed by atoms with E-state index in [0.717, 1.165) is 6.07 Å². The maximum Gasteiger partial charge on any atom is 0.263 e. The number of carbonyl (C=O) groups is 1. The second-order valence-corrected chi connectivity index (χ2v) is 7.43. The van der Waals surface area contributed by atoms with Crippen molar-refractivity contribution in [2.75, 3.05) is 5.32 Å². The lowest BCUT2D eigenvalue weighted by atomic mass is 10.2. The predicted molar refractivity (Wildman–Crippen MR) is 92.8 cm³/mol. The summed E-state index contributed by atoms with van der Waals surface area (Å²) in [7, 11) is -3.67. The van der Waals surface area contributed by atoms with Crippen molar-refractivity contribution in [2.24, 2.45) is 4.99 Å². The van der Waals surface area contributed by atoms with Gasteiger partial charge in [-0.2, -0.15) is 0 Å². The Labute approximate surface area is 148 Å². The topological polar surface area (TPSA) is 87.6 Å². The molecular weight excluding hydrogens is 369 g/mol. The number of carbonyl (C=O) groups excluding carboxylic acids is 1. The van der Waals surface area contributed by atoms with E-state index in [-0.39, 0.29) is 21.4 Å². The van der Waals surface area contributed by atoms with Gasteiger partial charge in [0.2, 0.25) is 5.91 Å². The third kappa shape index (κ3) is 3.49. The number of nitrogens with one attached hydrogen (secondary N) is 2. The van der Waals surface area contributed by atoms with Crippen molar-refractivity contribution >= 4 is 39.1 Å². The lowest BCUT2D eigenvalue weighted by Crippen LogP contribution is -2.29. The number of anilines is 1. The molecule has 0 aromatic heterocycles. The number of amides is 1. The highest BCUT2D eigenvalue weighted by molar-refractivity contribution is 7.90. The van der Waals surface area contributed by atoms with Crippen molar-refractivity contribution < 1.29 is 17.6 Å². The molecule has 2 N–H and O–H groups in total. The molecule has 0 unspecified atom stereocenters. The van der Waals surface area contributed by atoms with Crippen molar-refractivity contribution in [2.45, 2.75) is 17.9 Å². The third-order valence-electron chi connectivity index (χ3n) is 3.55. The smallest absolute Gasteiger partial charge is 0.263 e. The Bertz CT molecular complexity index is 992. The van der Waals surface area contributed by atoms with Gasteiger partial charge in [-0.25, -0.2) is 12.8 Å². The van der Waals surface area contributed by atoms with E-state index in [9.17, 15) is 17.6 Å². The second-order valence-electron chi connectivity index (χ2n) is 5.37. The molecule has 3 rings (SSSR count). The van der Waals surface area contributed by atoms with Crippen LogP contribution in [-0.4, -0.2) is 26.2 Å². The number of halogens is 2. The number of aliphatic imine (C=N–C) groups is 1. The number of nitrogens with zero attached hydrogens (tertiary/aromatic N) is 1. The summed E-state index contributed by atoms with van der Waals surface area (Å²) in [6.45, 7) is 1.51. The molecule has 0 bridgehead atoms. The molecule has 25 heavy (non-hydrogen) atoms. The van der Waals surface area contributed by atoms with Crippen LogP contribution in [-0.2, 0) is 14.8 Å². The Morgan fingerprint density at radius 3 is 2.72 bits per heavy atom. The molecule has 130 valence electrons. The van der Waals surface area contributed by atoms with Crippen LogP contribution in [0.2, 0.25) is 5.02 Å². The Morgan fingerprint density at radius 2 is 2.00 bits per heavy atom. The fourth-order valence-electron chi connectivity index (χ4n) is 2.31. The number of sulfonamides is 1. The molecule has 1 amide bonds. The largest absolute Gasteiger partial charge is 0.323 e. The van der Waals surface area contributed by atoms with Crippen LogP contribution in [0.4, 0.5) is 10.1 Å². The summed E-state index contributed by atoms with van der Waals surface area (Å²) in [5, 5.41) is 2.59. The van der Waals surface area contributed by atoms with Crippen molar-refractivity contribution in [1.29, 1.82) is 0 Å². The SMILES string of the molecule is C[C@H](N=C1NS(=O)(=O)c2ccccc21)C(=O)Nc1ccc(F)cc1Cl. The van der Waals surface area contributed by atoms with Crippen LogP contribution >= 0.6 is 11.6 Å². The van der Waals surface area contributed by atoms with Crippen molar-refractivity contribution in [3.05, 3.63) is 58.9 Å². The molecule has 1 heterocycles. The Balaban J connectivity index is 1.83. The van der Waals surface area contributed by atoms with Crippen LogP contribution in [0.15, 0.2) is 52.4 Å². The predicted octanol–water partition coefficient (Wildman–Crippen LogP) is 2.54. The van der Waals surface area contributed by atoms with Gasteiger partial charge in [0.05, 0.1) is 15.6 Å². The van der Waals surface area contributed by atoms with Crippen molar-refractivity contribution in [3.63, 3.8) is 0 Å². The molecule has 2 aromatic carbocycles. The van der Waals surface area contributed by atoms with E-state index in [4.69, 9.17) is 11.6 Å². The zero-order chi connectivity index (χ0) is 18.2. The van der Waals surface area contributed by atoms with E-state index < -0.39 is 27.8 Å². The molecule has 0 radical (unpaired) electrons. The fraction of sp³-hybridized carbons (Fsp3) is 0.125. The van der Waals surface area contributed by atoms with E-state index in [2.05, 4.69) is 15.0 Å². The maximum absolute atomic E-state index is 13.0. The lowest BCUT2D eigenvalue weighted by molar-refractivity contribution is -0.117. The number of hydrogen-bond donors (Lipinski definition) is 2. The third-order valence-corrected chi connectivity index (χ3v) is 5.26. The highest BCUT2D eigenvalue weighted by Gasteiger charge is 2.31. The number of amidine groups is 1. The second kappa shape index (κ2) is 6.45. The first-order valence-corrected chi connectivity index (χ1v) is 9.10. The fourth-order valence-corrected chi connectivity index (χ4v) is 3.76. The summed E-state index contributed by atoms with van der Waals surface area (Å²) in [5.74, 6) is -0.929. The van der Waals surface area contributed by atoms with Gasteiger partial charge in [-0.1, -0.05) is 23.7 Å². The zero-order valence-electron chi connectivity index (χ0n) is 13.0. The molecule has 0 saturated heterocycles. The van der Waals surface area contributed by atoms with E-state index >= 15 is 0 Å². The van der Waals surface area contributed by atoms with Gasteiger partial charge in [0.1, 0.15) is 17.7 Å². The average Bonchev–Trinajstić information content (AvgIpc) is 2.81. The van der Waals surface area contributed by atoms with Crippen LogP contribution < -0.4 is 10.0 Å². The zero-order valence-corrected chi connectivity index (χ0v) is 14.5. The van der Waals surface area contributed by atoms with Gasteiger partial charge in [-0.3, -0.25) is 14.5 Å². The molecule has 2 aromatic rings. The maximum atomic E-state index is 13.0. The molecule has 6 nitrogen and oxygen atoms in total. The minimum atomic E-state index is -3.67. The summed E-state index contributed by atoms with van der Waals surface area (Å²) in [6.07, 6.45) is 0. The van der Waals surface area contributed by atoms with E-state index in [1.165, 1.54) is 25.1 Å². The van der Waals surface area contributed by atoms with E-state index in [1.807, 2.05) is 0 Å². The van der Waals surface area contributed by atoms with Gasteiger partial charge in [0.15, 0.2) is 0 Å². The van der Waals surface area contributed by atoms with Crippen LogP contribution in [0.25, 0.3) is 0 Å². The highest BCUT2D eigenvalue weighted by Crippen LogP contribution is 2.24. The first kappa shape index (κ1) is 17.4. The monoisotopic (exact) mass is 381 g/mol. The molecular formula is C16H13ClFN3O3S. The Hall–Kier alpha value is -2.45. The standard InChI is InChI=1S/C16H13ClFN3O3S/c1-9(16(22)20-13-7-6-10(18)8-12(13)17)19-15-11-4-2-3-5-14(11)25(23,24)21-15/h2-9H,1H3,(H,19,21)(H,20,22)/t9-/m0/s1. The number of fused-ring (bicyclic) bond motifs is 1. The van der Waals surface area contributed by atoms with Gasteiger partial charge < -0.3 is 5.32 Å².